The Morgan fingerprint density at radius 2 is 2.38 bits per heavy atom. The highest BCUT2D eigenvalue weighted by atomic mass is 35.5. The summed E-state index contributed by atoms with van der Waals surface area (Å²) >= 11 is 5.62. The molecule has 16 heavy (non-hydrogen) atoms. The normalized spacial score (nSPS) is 20.4. The van der Waals surface area contributed by atoms with Crippen molar-refractivity contribution in [1.29, 1.82) is 0 Å². The quantitative estimate of drug-likeness (QED) is 0.842. The first-order valence-corrected chi connectivity index (χ1v) is 5.32. The van der Waals surface area contributed by atoms with Gasteiger partial charge in [0, 0.05) is 25.7 Å². The van der Waals surface area contributed by atoms with E-state index >= 15 is 0 Å². The van der Waals surface area contributed by atoms with Crippen LogP contribution >= 0.6 is 24.0 Å². The maximum atomic E-state index is 11.9. The van der Waals surface area contributed by atoms with E-state index in [4.69, 9.17) is 16.0 Å². The highest BCUT2D eigenvalue weighted by Crippen LogP contribution is 2.15. The van der Waals surface area contributed by atoms with Crippen LogP contribution in [-0.2, 0) is 0 Å². The maximum absolute atomic E-state index is 11.9. The number of halogens is 2. The molecule has 0 spiro atoms. The minimum atomic E-state index is -0.0877. The molecule has 1 saturated heterocycles. The Morgan fingerprint density at radius 1 is 1.62 bits per heavy atom. The number of carbonyl (C=O) groups excluding carboxylic acids is 1. The largest absolute Gasteiger partial charge is 0.440 e. The molecule has 0 unspecified atom stereocenters. The Morgan fingerprint density at radius 3 is 2.94 bits per heavy atom. The second-order valence-corrected chi connectivity index (χ2v) is 4.08. The standard InChI is InChI=1S/C10H13ClN2O2.ClH/c1-7-6-13(5-4-12-7)10(14)8-2-3-9(11)15-8;/h2-3,7,12H,4-6H2,1H3;1H/t7-;/m0./s1. The monoisotopic (exact) mass is 264 g/mol. The van der Waals surface area contributed by atoms with Gasteiger partial charge >= 0.3 is 0 Å². The molecule has 0 radical (unpaired) electrons. The molecule has 1 amide bonds. The van der Waals surface area contributed by atoms with Gasteiger partial charge in [-0.15, -0.1) is 12.4 Å². The molecule has 90 valence electrons. The Balaban J connectivity index is 0.00000128. The summed E-state index contributed by atoms with van der Waals surface area (Å²) in [6, 6.07) is 3.52. The van der Waals surface area contributed by atoms with Crippen molar-refractivity contribution in [3.05, 3.63) is 23.1 Å². The van der Waals surface area contributed by atoms with Gasteiger partial charge in [0.15, 0.2) is 11.0 Å². The number of hydrogen-bond donors (Lipinski definition) is 1. The van der Waals surface area contributed by atoms with Gasteiger partial charge in [-0.05, 0) is 30.7 Å². The molecule has 0 aliphatic carbocycles. The van der Waals surface area contributed by atoms with E-state index in [2.05, 4.69) is 12.2 Å². The zero-order valence-corrected chi connectivity index (χ0v) is 10.5. The predicted molar refractivity (Wildman–Crippen MR) is 64.3 cm³/mol. The smallest absolute Gasteiger partial charge is 0.289 e. The number of piperazine rings is 1. The van der Waals surface area contributed by atoms with Crippen LogP contribution in [0.25, 0.3) is 0 Å². The van der Waals surface area contributed by atoms with Crippen molar-refractivity contribution in [2.24, 2.45) is 0 Å². The topological polar surface area (TPSA) is 45.5 Å². The van der Waals surface area contributed by atoms with Crippen LogP contribution in [0.1, 0.15) is 17.5 Å². The van der Waals surface area contributed by atoms with Crippen LogP contribution in [0.2, 0.25) is 5.22 Å². The molecule has 4 nitrogen and oxygen atoms in total. The average molecular weight is 265 g/mol. The molecular formula is C10H14Cl2N2O2. The predicted octanol–water partition coefficient (Wildman–Crippen LogP) is 1.79. The van der Waals surface area contributed by atoms with E-state index in [1.165, 1.54) is 0 Å². The van der Waals surface area contributed by atoms with E-state index in [0.717, 1.165) is 6.54 Å². The van der Waals surface area contributed by atoms with Gasteiger partial charge in [0.1, 0.15) is 0 Å². The first-order chi connectivity index (χ1) is 7.16. The molecule has 0 bridgehead atoms. The average Bonchev–Trinajstić information content (AvgIpc) is 2.64. The van der Waals surface area contributed by atoms with Crippen LogP contribution < -0.4 is 5.32 Å². The summed E-state index contributed by atoms with van der Waals surface area (Å²) in [5.74, 6) is 0.226. The van der Waals surface area contributed by atoms with E-state index in [9.17, 15) is 4.79 Å². The molecule has 6 heteroatoms. The minimum absolute atomic E-state index is 0. The SMILES string of the molecule is C[C@H]1CN(C(=O)c2ccc(Cl)o2)CCN1.Cl. The van der Waals surface area contributed by atoms with Crippen molar-refractivity contribution >= 4 is 29.9 Å². The van der Waals surface area contributed by atoms with Gasteiger partial charge in [-0.2, -0.15) is 0 Å². The Bertz CT molecular complexity index is 367. The van der Waals surface area contributed by atoms with Gasteiger partial charge in [0.2, 0.25) is 0 Å². The molecule has 1 aliphatic rings. The fourth-order valence-electron chi connectivity index (χ4n) is 1.70. The van der Waals surface area contributed by atoms with Crippen LogP contribution in [0, 0.1) is 0 Å². The molecule has 1 aromatic rings. The number of furan rings is 1. The fourth-order valence-corrected chi connectivity index (χ4v) is 1.85. The van der Waals surface area contributed by atoms with E-state index in [1.807, 2.05) is 0 Å². The summed E-state index contributed by atoms with van der Waals surface area (Å²) in [5, 5.41) is 3.52. The zero-order chi connectivity index (χ0) is 10.8. The lowest BCUT2D eigenvalue weighted by Gasteiger charge is -2.31. The summed E-state index contributed by atoms with van der Waals surface area (Å²) in [6.45, 7) is 4.29. The van der Waals surface area contributed by atoms with Crippen molar-refractivity contribution in [1.82, 2.24) is 10.2 Å². The van der Waals surface area contributed by atoms with E-state index in [1.54, 1.807) is 17.0 Å². The zero-order valence-electron chi connectivity index (χ0n) is 8.90. The van der Waals surface area contributed by atoms with E-state index in [-0.39, 0.29) is 23.5 Å². The summed E-state index contributed by atoms with van der Waals surface area (Å²) < 4.78 is 5.09. The Hall–Kier alpha value is -0.710. The summed E-state index contributed by atoms with van der Waals surface area (Å²) in [7, 11) is 0. The van der Waals surface area contributed by atoms with Crippen molar-refractivity contribution < 1.29 is 9.21 Å². The third-order valence-electron chi connectivity index (χ3n) is 2.44. The molecule has 1 atom stereocenters. The van der Waals surface area contributed by atoms with Gasteiger partial charge < -0.3 is 14.6 Å². The van der Waals surface area contributed by atoms with Gasteiger partial charge in [-0.1, -0.05) is 0 Å². The number of nitrogens with one attached hydrogen (secondary N) is 1. The molecule has 1 aromatic heterocycles. The first kappa shape index (κ1) is 13.4. The van der Waals surface area contributed by atoms with E-state index < -0.39 is 0 Å². The van der Waals surface area contributed by atoms with E-state index in [0.29, 0.717) is 24.9 Å². The number of carbonyl (C=O) groups is 1. The lowest BCUT2D eigenvalue weighted by molar-refractivity contribution is 0.0677. The molecule has 2 heterocycles. The number of amides is 1. The molecule has 2 rings (SSSR count). The fraction of sp³-hybridized carbons (Fsp3) is 0.500. The lowest BCUT2D eigenvalue weighted by Crippen LogP contribution is -2.51. The second-order valence-electron chi connectivity index (χ2n) is 3.71. The lowest BCUT2D eigenvalue weighted by atomic mass is 10.2. The van der Waals surface area contributed by atoms with Crippen molar-refractivity contribution in [3.8, 4) is 0 Å². The molecule has 1 fully saturated rings. The minimum Gasteiger partial charge on any atom is -0.440 e. The first-order valence-electron chi connectivity index (χ1n) is 4.95. The summed E-state index contributed by atoms with van der Waals surface area (Å²) in [5.41, 5.74) is 0. The second kappa shape index (κ2) is 5.57. The number of rotatable bonds is 1. The third kappa shape index (κ3) is 2.90. The Labute approximate surface area is 105 Å². The molecule has 1 N–H and O–H groups in total. The Kier molecular flexibility index (Phi) is 4.65. The van der Waals surface area contributed by atoms with Crippen molar-refractivity contribution in [3.63, 3.8) is 0 Å². The maximum Gasteiger partial charge on any atom is 0.289 e. The third-order valence-corrected chi connectivity index (χ3v) is 2.64. The van der Waals surface area contributed by atoms with Crippen LogP contribution in [-0.4, -0.2) is 36.5 Å². The van der Waals surface area contributed by atoms with Gasteiger partial charge in [-0.3, -0.25) is 4.79 Å². The van der Waals surface area contributed by atoms with Gasteiger partial charge in [-0.25, -0.2) is 0 Å². The number of nitrogens with zero attached hydrogens (tertiary/aromatic N) is 1. The molecular weight excluding hydrogens is 251 g/mol. The molecule has 0 aromatic carbocycles. The summed E-state index contributed by atoms with van der Waals surface area (Å²) in [6.07, 6.45) is 0. The highest BCUT2D eigenvalue weighted by Gasteiger charge is 2.23. The number of hydrogen-bond acceptors (Lipinski definition) is 3. The van der Waals surface area contributed by atoms with Gasteiger partial charge in [0.25, 0.3) is 5.91 Å². The van der Waals surface area contributed by atoms with Gasteiger partial charge in [0.05, 0.1) is 0 Å². The molecule has 0 saturated carbocycles. The van der Waals surface area contributed by atoms with Crippen LogP contribution in [0.15, 0.2) is 16.5 Å². The highest BCUT2D eigenvalue weighted by molar-refractivity contribution is 6.29. The van der Waals surface area contributed by atoms with Crippen LogP contribution in [0.4, 0.5) is 0 Å². The van der Waals surface area contributed by atoms with Crippen LogP contribution in [0.3, 0.4) is 0 Å². The molecule has 1 aliphatic heterocycles. The van der Waals surface area contributed by atoms with Crippen molar-refractivity contribution in [2.75, 3.05) is 19.6 Å². The van der Waals surface area contributed by atoms with Crippen LogP contribution in [0.5, 0.6) is 0 Å². The summed E-state index contributed by atoms with van der Waals surface area (Å²) in [4.78, 5) is 13.7. The van der Waals surface area contributed by atoms with Crippen molar-refractivity contribution in [2.45, 2.75) is 13.0 Å².